The third-order valence-electron chi connectivity index (χ3n) is 3.23. The van der Waals surface area contributed by atoms with E-state index in [-0.39, 0.29) is 17.3 Å². The maximum Gasteiger partial charge on any atom is 0.251 e. The number of benzene rings is 1. The second-order valence-corrected chi connectivity index (χ2v) is 6.72. The number of nitrogens with zero attached hydrogens (tertiary/aromatic N) is 1. The zero-order chi connectivity index (χ0) is 17.4. The number of carbonyl (C=O) groups is 1. The highest BCUT2D eigenvalue weighted by molar-refractivity contribution is 7.89. The van der Waals surface area contributed by atoms with E-state index < -0.39 is 10.0 Å². The van der Waals surface area contributed by atoms with Crippen LogP contribution in [0.4, 0.5) is 0 Å². The summed E-state index contributed by atoms with van der Waals surface area (Å²) in [4.78, 5) is 16.0. The predicted molar refractivity (Wildman–Crippen MR) is 88.9 cm³/mol. The molecule has 7 nitrogen and oxygen atoms in total. The van der Waals surface area contributed by atoms with E-state index in [2.05, 4.69) is 15.0 Å². The molecule has 24 heavy (non-hydrogen) atoms. The molecule has 0 saturated heterocycles. The molecule has 1 aromatic carbocycles. The van der Waals surface area contributed by atoms with Gasteiger partial charge in [-0.3, -0.25) is 9.78 Å². The molecule has 0 aliphatic carbocycles. The summed E-state index contributed by atoms with van der Waals surface area (Å²) in [5.74, 6) is -0.213. The fourth-order valence-electron chi connectivity index (χ4n) is 1.94. The molecule has 0 aliphatic rings. The van der Waals surface area contributed by atoms with Gasteiger partial charge in [-0.15, -0.1) is 0 Å². The van der Waals surface area contributed by atoms with E-state index in [0.717, 1.165) is 5.56 Å². The van der Waals surface area contributed by atoms with Crippen molar-refractivity contribution in [3.63, 3.8) is 0 Å². The summed E-state index contributed by atoms with van der Waals surface area (Å²) in [5, 5.41) is 2.77. The molecule has 0 spiro atoms. The number of carbonyl (C=O) groups excluding carboxylic acids is 1. The molecule has 128 valence electrons. The van der Waals surface area contributed by atoms with Crippen molar-refractivity contribution in [1.29, 1.82) is 0 Å². The Balaban J connectivity index is 1.93. The zero-order valence-corrected chi connectivity index (χ0v) is 14.0. The molecule has 0 atom stereocenters. The van der Waals surface area contributed by atoms with Gasteiger partial charge in [0.25, 0.3) is 5.91 Å². The van der Waals surface area contributed by atoms with E-state index >= 15 is 0 Å². The highest BCUT2D eigenvalue weighted by Gasteiger charge is 2.13. The predicted octanol–water partition coefficient (Wildman–Crippen LogP) is 0.936. The van der Waals surface area contributed by atoms with Crippen LogP contribution in [0.3, 0.4) is 0 Å². The number of aromatic nitrogens is 1. The Hall–Kier alpha value is -2.29. The molecule has 2 rings (SSSR count). The Morgan fingerprint density at radius 1 is 1.12 bits per heavy atom. The Kier molecular flexibility index (Phi) is 6.42. The third-order valence-corrected chi connectivity index (χ3v) is 4.70. The first-order valence-corrected chi connectivity index (χ1v) is 8.77. The molecule has 2 N–H and O–H groups in total. The van der Waals surface area contributed by atoms with Gasteiger partial charge in [0.05, 0.1) is 11.5 Å². The van der Waals surface area contributed by atoms with E-state index in [1.54, 1.807) is 36.7 Å². The minimum Gasteiger partial charge on any atom is -0.383 e. The number of amides is 1. The van der Waals surface area contributed by atoms with Crippen LogP contribution in [-0.2, 0) is 21.3 Å². The van der Waals surface area contributed by atoms with Crippen molar-refractivity contribution < 1.29 is 17.9 Å². The fourth-order valence-corrected chi connectivity index (χ4v) is 2.95. The summed E-state index contributed by atoms with van der Waals surface area (Å²) in [7, 11) is -2.04. The lowest BCUT2D eigenvalue weighted by Crippen LogP contribution is -2.27. The lowest BCUT2D eigenvalue weighted by Gasteiger charge is -2.08. The van der Waals surface area contributed by atoms with Gasteiger partial charge in [0.2, 0.25) is 10.0 Å². The third kappa shape index (κ3) is 5.12. The van der Waals surface area contributed by atoms with E-state index in [4.69, 9.17) is 4.74 Å². The standard InChI is InChI=1S/C16H19N3O4S/c1-23-11-10-19-24(21,22)15-4-2-13(3-5-15)12-18-16(20)14-6-8-17-9-7-14/h2-9,19H,10-12H2,1H3,(H,18,20). The van der Waals surface area contributed by atoms with Crippen molar-refractivity contribution in [2.45, 2.75) is 11.4 Å². The number of pyridine rings is 1. The molecule has 0 bridgehead atoms. The maximum absolute atomic E-state index is 12.0. The molecule has 8 heteroatoms. The molecule has 0 saturated carbocycles. The van der Waals surface area contributed by atoms with Crippen molar-refractivity contribution in [2.24, 2.45) is 0 Å². The van der Waals surface area contributed by atoms with Crippen LogP contribution >= 0.6 is 0 Å². The second kappa shape index (κ2) is 8.53. The summed E-state index contributed by atoms with van der Waals surface area (Å²) in [6.07, 6.45) is 3.09. The lowest BCUT2D eigenvalue weighted by atomic mass is 10.2. The minimum absolute atomic E-state index is 0.169. The fraction of sp³-hybridized carbons (Fsp3) is 0.250. The molecular weight excluding hydrogens is 330 g/mol. The van der Waals surface area contributed by atoms with Crippen molar-refractivity contribution in [2.75, 3.05) is 20.3 Å². The first-order valence-electron chi connectivity index (χ1n) is 7.29. The highest BCUT2D eigenvalue weighted by Crippen LogP contribution is 2.10. The first kappa shape index (κ1) is 18.1. The number of hydrogen-bond donors (Lipinski definition) is 2. The van der Waals surface area contributed by atoms with Gasteiger partial charge < -0.3 is 10.1 Å². The van der Waals surface area contributed by atoms with Crippen LogP contribution in [0.5, 0.6) is 0 Å². The van der Waals surface area contributed by atoms with E-state index in [1.807, 2.05) is 0 Å². The second-order valence-electron chi connectivity index (χ2n) is 4.95. The number of rotatable bonds is 8. The van der Waals surface area contributed by atoms with Crippen molar-refractivity contribution in [3.05, 3.63) is 59.9 Å². The van der Waals surface area contributed by atoms with Crippen molar-refractivity contribution in [1.82, 2.24) is 15.0 Å². The Labute approximate surface area is 141 Å². The molecule has 1 amide bonds. The number of nitrogens with one attached hydrogen (secondary N) is 2. The van der Waals surface area contributed by atoms with E-state index in [9.17, 15) is 13.2 Å². The summed E-state index contributed by atoms with van der Waals surface area (Å²) >= 11 is 0. The van der Waals surface area contributed by atoms with Crippen LogP contribution in [0, 0.1) is 0 Å². The van der Waals surface area contributed by atoms with Gasteiger partial charge in [0.1, 0.15) is 0 Å². The van der Waals surface area contributed by atoms with E-state index in [1.165, 1.54) is 19.2 Å². The smallest absolute Gasteiger partial charge is 0.251 e. The maximum atomic E-state index is 12.0. The van der Waals surface area contributed by atoms with Crippen LogP contribution in [-0.4, -0.2) is 39.6 Å². The van der Waals surface area contributed by atoms with Gasteiger partial charge in [-0.05, 0) is 29.8 Å². The summed E-state index contributed by atoms with van der Waals surface area (Å²) in [5.41, 5.74) is 1.32. The topological polar surface area (TPSA) is 97.4 Å². The molecule has 1 heterocycles. The van der Waals surface area contributed by atoms with Gasteiger partial charge in [-0.25, -0.2) is 13.1 Å². The molecule has 0 aliphatic heterocycles. The van der Waals surface area contributed by atoms with Crippen LogP contribution in [0.15, 0.2) is 53.7 Å². The average molecular weight is 349 g/mol. The van der Waals surface area contributed by atoms with Gasteiger partial charge in [0.15, 0.2) is 0 Å². The number of hydrogen-bond acceptors (Lipinski definition) is 5. The molecule has 2 aromatic rings. The zero-order valence-electron chi connectivity index (χ0n) is 13.2. The van der Waals surface area contributed by atoms with Gasteiger partial charge in [0, 0.05) is 38.2 Å². The molecule has 0 fully saturated rings. The number of ether oxygens (including phenoxy) is 1. The number of methoxy groups -OCH3 is 1. The molecular formula is C16H19N3O4S. The lowest BCUT2D eigenvalue weighted by molar-refractivity contribution is 0.0950. The highest BCUT2D eigenvalue weighted by atomic mass is 32.2. The normalized spacial score (nSPS) is 11.2. The summed E-state index contributed by atoms with van der Waals surface area (Å²) < 4.78 is 31.3. The Morgan fingerprint density at radius 2 is 1.79 bits per heavy atom. The van der Waals surface area contributed by atoms with Crippen LogP contribution in [0.25, 0.3) is 0 Å². The molecule has 0 unspecified atom stereocenters. The average Bonchev–Trinajstić information content (AvgIpc) is 2.61. The largest absolute Gasteiger partial charge is 0.383 e. The summed E-state index contributed by atoms with van der Waals surface area (Å²) in [6.45, 7) is 0.819. The summed E-state index contributed by atoms with van der Waals surface area (Å²) in [6, 6.07) is 9.58. The Bertz CT molecular complexity index is 762. The van der Waals surface area contributed by atoms with Crippen molar-refractivity contribution in [3.8, 4) is 0 Å². The molecule has 0 radical (unpaired) electrons. The quantitative estimate of drug-likeness (QED) is 0.691. The van der Waals surface area contributed by atoms with Crippen molar-refractivity contribution >= 4 is 15.9 Å². The monoisotopic (exact) mass is 349 g/mol. The molecule has 1 aromatic heterocycles. The SMILES string of the molecule is COCCNS(=O)(=O)c1ccc(CNC(=O)c2ccncc2)cc1. The van der Waals surface area contributed by atoms with Gasteiger partial charge >= 0.3 is 0 Å². The Morgan fingerprint density at radius 3 is 2.42 bits per heavy atom. The van der Waals surface area contributed by atoms with Gasteiger partial charge in [-0.1, -0.05) is 12.1 Å². The van der Waals surface area contributed by atoms with Crippen LogP contribution in [0.1, 0.15) is 15.9 Å². The van der Waals surface area contributed by atoms with E-state index in [0.29, 0.717) is 18.7 Å². The van der Waals surface area contributed by atoms with Crippen LogP contribution < -0.4 is 10.0 Å². The first-order chi connectivity index (χ1) is 11.5. The number of sulfonamides is 1. The van der Waals surface area contributed by atoms with Gasteiger partial charge in [-0.2, -0.15) is 0 Å². The van der Waals surface area contributed by atoms with Crippen LogP contribution in [0.2, 0.25) is 0 Å². The minimum atomic E-state index is -3.55.